The number of alkyl halides is 1. The number of benzene rings is 1. The minimum Gasteiger partial charge on any atom is -0.258 e. The van der Waals surface area contributed by atoms with Gasteiger partial charge in [-0.3, -0.25) is 10.1 Å². The molecule has 0 N–H and O–H groups in total. The summed E-state index contributed by atoms with van der Waals surface area (Å²) in [6.45, 7) is 0. The lowest BCUT2D eigenvalue weighted by Gasteiger charge is -1.97. The first kappa shape index (κ1) is 12.4. The van der Waals surface area contributed by atoms with Crippen molar-refractivity contribution >= 4 is 27.7 Å². The van der Waals surface area contributed by atoms with Crippen LogP contribution in [0.1, 0.15) is 17.5 Å². The normalized spacial score (nSPS) is 10.2. The van der Waals surface area contributed by atoms with Crippen LogP contribution in [0.4, 0.5) is 5.69 Å². The second-order valence-electron chi connectivity index (χ2n) is 3.02. The molecule has 0 aliphatic rings. The summed E-state index contributed by atoms with van der Waals surface area (Å²) < 4.78 is 0. The van der Waals surface area contributed by atoms with Gasteiger partial charge in [0.1, 0.15) is 0 Å². The molecule has 0 aliphatic heterocycles. The van der Waals surface area contributed by atoms with Crippen LogP contribution in [0.3, 0.4) is 0 Å². The number of rotatable bonds is 4. The van der Waals surface area contributed by atoms with Crippen molar-refractivity contribution in [1.82, 2.24) is 0 Å². The smallest absolute Gasteiger partial charge is 0.258 e. The van der Waals surface area contributed by atoms with Crippen molar-refractivity contribution in [3.63, 3.8) is 0 Å². The Morgan fingerprint density at radius 3 is 2.88 bits per heavy atom. The summed E-state index contributed by atoms with van der Waals surface area (Å²) in [5.41, 5.74) is 0.777. The van der Waals surface area contributed by atoms with Crippen LogP contribution in [-0.2, 0) is 0 Å². The third-order valence-electron chi connectivity index (χ3n) is 1.93. The first-order chi connectivity index (χ1) is 7.69. The highest BCUT2D eigenvalue weighted by Crippen LogP contribution is 2.21. The summed E-state index contributed by atoms with van der Waals surface area (Å²) >= 11 is 3.27. The summed E-state index contributed by atoms with van der Waals surface area (Å²) in [7, 11) is 0. The van der Waals surface area contributed by atoms with E-state index in [2.05, 4.69) is 15.9 Å². The number of nitro groups is 1. The fraction of sp³-hybridized carbons (Fsp3) is 0.182. The second kappa shape index (κ2) is 6.03. The van der Waals surface area contributed by atoms with Crippen molar-refractivity contribution in [2.45, 2.75) is 6.42 Å². The number of allylic oxidation sites excluding steroid dienone is 1. The van der Waals surface area contributed by atoms with E-state index in [-0.39, 0.29) is 5.69 Å². The van der Waals surface area contributed by atoms with E-state index in [1.807, 2.05) is 12.1 Å². The Morgan fingerprint density at radius 1 is 1.56 bits per heavy atom. The highest BCUT2D eigenvalue weighted by Gasteiger charge is 2.11. The molecule has 1 rings (SSSR count). The molecule has 82 valence electrons. The van der Waals surface area contributed by atoms with Crippen LogP contribution < -0.4 is 0 Å². The van der Waals surface area contributed by atoms with Crippen molar-refractivity contribution < 1.29 is 4.92 Å². The van der Waals surface area contributed by atoms with Crippen molar-refractivity contribution in [2.75, 3.05) is 5.33 Å². The van der Waals surface area contributed by atoms with Crippen molar-refractivity contribution in [1.29, 1.82) is 5.26 Å². The van der Waals surface area contributed by atoms with E-state index >= 15 is 0 Å². The van der Waals surface area contributed by atoms with E-state index < -0.39 is 4.92 Å². The third-order valence-corrected chi connectivity index (χ3v) is 2.39. The van der Waals surface area contributed by atoms with E-state index in [0.29, 0.717) is 11.1 Å². The van der Waals surface area contributed by atoms with Crippen LogP contribution >= 0.6 is 15.9 Å². The van der Waals surface area contributed by atoms with Gasteiger partial charge < -0.3 is 0 Å². The summed E-state index contributed by atoms with van der Waals surface area (Å²) in [6, 6.07) is 6.32. The predicted octanol–water partition coefficient (Wildman–Crippen LogP) is 3.26. The van der Waals surface area contributed by atoms with Crippen LogP contribution in [0.15, 0.2) is 24.3 Å². The zero-order chi connectivity index (χ0) is 12.0. The monoisotopic (exact) mass is 280 g/mol. The van der Waals surface area contributed by atoms with Gasteiger partial charge in [0.15, 0.2) is 0 Å². The molecule has 16 heavy (non-hydrogen) atoms. The SMILES string of the molecule is N#Cc1ccc(C=CCCBr)c([N+](=O)[O-])c1. The van der Waals surface area contributed by atoms with E-state index in [4.69, 9.17) is 5.26 Å². The number of hydrogen-bond donors (Lipinski definition) is 0. The van der Waals surface area contributed by atoms with Gasteiger partial charge in [-0.25, -0.2) is 0 Å². The van der Waals surface area contributed by atoms with Gasteiger partial charge in [-0.15, -0.1) is 0 Å². The Labute approximate surface area is 101 Å². The Morgan fingerprint density at radius 2 is 2.31 bits per heavy atom. The molecule has 5 heteroatoms. The van der Waals surface area contributed by atoms with E-state index in [1.54, 1.807) is 18.2 Å². The molecule has 0 heterocycles. The maximum Gasteiger partial charge on any atom is 0.277 e. The van der Waals surface area contributed by atoms with Gasteiger partial charge in [-0.1, -0.05) is 28.1 Å². The molecule has 0 saturated heterocycles. The number of nitrogens with zero attached hydrogens (tertiary/aromatic N) is 2. The van der Waals surface area contributed by atoms with Gasteiger partial charge >= 0.3 is 0 Å². The average Bonchev–Trinajstić information content (AvgIpc) is 2.29. The topological polar surface area (TPSA) is 66.9 Å². The zero-order valence-electron chi connectivity index (χ0n) is 8.39. The molecule has 0 spiro atoms. The fourth-order valence-electron chi connectivity index (χ4n) is 1.19. The number of hydrogen-bond acceptors (Lipinski definition) is 3. The van der Waals surface area contributed by atoms with Crippen LogP contribution in [0.25, 0.3) is 6.08 Å². The number of nitro benzene ring substituents is 1. The lowest BCUT2D eigenvalue weighted by Crippen LogP contribution is -1.92. The van der Waals surface area contributed by atoms with Gasteiger partial charge in [0, 0.05) is 11.4 Å². The van der Waals surface area contributed by atoms with Crippen molar-refractivity contribution in [3.05, 3.63) is 45.5 Å². The molecule has 4 nitrogen and oxygen atoms in total. The number of halogens is 1. The predicted molar refractivity (Wildman–Crippen MR) is 65.3 cm³/mol. The summed E-state index contributed by atoms with van der Waals surface area (Å²) in [4.78, 5) is 10.3. The summed E-state index contributed by atoms with van der Waals surface area (Å²) in [5, 5.41) is 20.2. The summed E-state index contributed by atoms with van der Waals surface area (Å²) in [6.07, 6.45) is 4.35. The van der Waals surface area contributed by atoms with Crippen molar-refractivity contribution in [3.8, 4) is 6.07 Å². The molecule has 0 amide bonds. The standard InChI is InChI=1S/C11H9BrN2O2/c12-6-2-1-3-10-5-4-9(8-13)7-11(10)14(15)16/h1,3-5,7H,2,6H2. The largest absolute Gasteiger partial charge is 0.277 e. The average molecular weight is 281 g/mol. The Bertz CT molecular complexity index is 464. The van der Waals surface area contributed by atoms with Crippen LogP contribution in [0, 0.1) is 21.4 Å². The lowest BCUT2D eigenvalue weighted by atomic mass is 10.1. The molecule has 1 aromatic carbocycles. The Balaban J connectivity index is 3.09. The zero-order valence-corrected chi connectivity index (χ0v) is 9.98. The minimum absolute atomic E-state index is 0.0372. The van der Waals surface area contributed by atoms with E-state index in [1.165, 1.54) is 6.07 Å². The second-order valence-corrected chi connectivity index (χ2v) is 3.82. The molecule has 0 saturated carbocycles. The molecule has 0 aliphatic carbocycles. The van der Waals surface area contributed by atoms with Crippen LogP contribution in [0.2, 0.25) is 0 Å². The molecule has 0 atom stereocenters. The molecule has 0 bridgehead atoms. The lowest BCUT2D eigenvalue weighted by molar-refractivity contribution is -0.385. The fourth-order valence-corrected chi connectivity index (χ4v) is 1.45. The highest BCUT2D eigenvalue weighted by molar-refractivity contribution is 9.09. The van der Waals surface area contributed by atoms with Crippen molar-refractivity contribution in [2.24, 2.45) is 0 Å². The molecule has 0 aromatic heterocycles. The van der Waals surface area contributed by atoms with Crippen LogP contribution in [-0.4, -0.2) is 10.3 Å². The molecule has 0 unspecified atom stereocenters. The quantitative estimate of drug-likeness (QED) is 0.483. The Hall–Kier alpha value is -1.67. The first-order valence-corrected chi connectivity index (χ1v) is 5.72. The van der Waals surface area contributed by atoms with Gasteiger partial charge in [0.05, 0.1) is 22.1 Å². The van der Waals surface area contributed by atoms with E-state index in [9.17, 15) is 10.1 Å². The first-order valence-electron chi connectivity index (χ1n) is 4.60. The molecular weight excluding hydrogens is 272 g/mol. The third kappa shape index (κ3) is 3.17. The molecule has 0 fully saturated rings. The maximum atomic E-state index is 10.8. The molecular formula is C11H9BrN2O2. The molecule has 1 aromatic rings. The summed E-state index contributed by atoms with van der Waals surface area (Å²) in [5.74, 6) is 0. The van der Waals surface area contributed by atoms with E-state index in [0.717, 1.165) is 11.8 Å². The highest BCUT2D eigenvalue weighted by atomic mass is 79.9. The molecule has 0 radical (unpaired) electrons. The van der Waals surface area contributed by atoms with Gasteiger partial charge in [0.25, 0.3) is 5.69 Å². The van der Waals surface area contributed by atoms with Gasteiger partial charge in [0.2, 0.25) is 0 Å². The maximum absolute atomic E-state index is 10.8. The van der Waals surface area contributed by atoms with Crippen LogP contribution in [0.5, 0.6) is 0 Å². The minimum atomic E-state index is -0.478. The Kier molecular flexibility index (Phi) is 4.67. The van der Waals surface area contributed by atoms with Gasteiger partial charge in [-0.2, -0.15) is 5.26 Å². The van der Waals surface area contributed by atoms with Gasteiger partial charge in [-0.05, 0) is 18.6 Å². The number of nitriles is 1.